The van der Waals surface area contributed by atoms with E-state index in [9.17, 15) is 14.9 Å². The van der Waals surface area contributed by atoms with Crippen molar-refractivity contribution in [1.29, 1.82) is 0 Å². The number of carbonyl (C=O) groups excluding carboxylic acids is 1. The molecular formula is C14H14N2O4S. The number of thiophene rings is 1. The van der Waals surface area contributed by atoms with Crippen LogP contribution in [0, 0.1) is 10.1 Å². The van der Waals surface area contributed by atoms with E-state index in [4.69, 9.17) is 4.74 Å². The summed E-state index contributed by atoms with van der Waals surface area (Å²) in [6.07, 6.45) is 0.273. The first-order valence-corrected chi connectivity index (χ1v) is 7.19. The SMILES string of the molecule is O=C(NCCc1cccs1)OCc1ccc([N+](=O)[O-])cc1. The van der Waals surface area contributed by atoms with Gasteiger partial charge < -0.3 is 10.1 Å². The van der Waals surface area contributed by atoms with Crippen LogP contribution in [0.3, 0.4) is 0 Å². The molecule has 0 aliphatic carbocycles. The minimum atomic E-state index is -0.495. The van der Waals surface area contributed by atoms with E-state index in [1.54, 1.807) is 23.5 Å². The third kappa shape index (κ3) is 4.88. The summed E-state index contributed by atoms with van der Waals surface area (Å²) >= 11 is 1.64. The monoisotopic (exact) mass is 306 g/mol. The van der Waals surface area contributed by atoms with E-state index >= 15 is 0 Å². The van der Waals surface area contributed by atoms with Crippen molar-refractivity contribution in [3.05, 3.63) is 62.3 Å². The topological polar surface area (TPSA) is 81.5 Å². The van der Waals surface area contributed by atoms with Crippen LogP contribution in [-0.4, -0.2) is 17.6 Å². The average Bonchev–Trinajstić information content (AvgIpc) is 2.99. The Balaban J connectivity index is 1.69. The quantitative estimate of drug-likeness (QED) is 0.656. The number of rotatable bonds is 6. The van der Waals surface area contributed by atoms with E-state index in [1.165, 1.54) is 17.0 Å². The zero-order valence-electron chi connectivity index (χ0n) is 11.2. The summed E-state index contributed by atoms with van der Waals surface area (Å²) in [4.78, 5) is 22.7. The van der Waals surface area contributed by atoms with Crippen molar-refractivity contribution in [3.8, 4) is 0 Å². The number of hydrogen-bond acceptors (Lipinski definition) is 5. The van der Waals surface area contributed by atoms with Gasteiger partial charge in [-0.15, -0.1) is 11.3 Å². The number of amides is 1. The first-order chi connectivity index (χ1) is 10.1. The number of hydrogen-bond donors (Lipinski definition) is 1. The number of benzene rings is 1. The molecule has 1 amide bonds. The summed E-state index contributed by atoms with van der Waals surface area (Å²) in [6, 6.07) is 9.87. The molecule has 1 heterocycles. The highest BCUT2D eigenvalue weighted by Crippen LogP contribution is 2.12. The molecule has 0 fully saturated rings. The molecule has 0 aliphatic heterocycles. The Kier molecular flexibility index (Phi) is 5.28. The van der Waals surface area contributed by atoms with E-state index in [0.717, 1.165) is 6.42 Å². The van der Waals surface area contributed by atoms with Gasteiger partial charge in [0.05, 0.1) is 4.92 Å². The van der Waals surface area contributed by atoms with Crippen molar-refractivity contribution in [2.75, 3.05) is 6.54 Å². The van der Waals surface area contributed by atoms with Gasteiger partial charge in [-0.05, 0) is 35.6 Å². The lowest BCUT2D eigenvalue weighted by atomic mass is 10.2. The molecule has 1 aromatic carbocycles. The Hall–Kier alpha value is -2.41. The summed E-state index contributed by atoms with van der Waals surface area (Å²) in [5, 5.41) is 15.2. The molecule has 0 unspecified atom stereocenters. The number of nitro benzene ring substituents is 1. The highest BCUT2D eigenvalue weighted by atomic mass is 32.1. The van der Waals surface area contributed by atoms with Gasteiger partial charge in [-0.1, -0.05) is 6.07 Å². The molecule has 0 saturated heterocycles. The van der Waals surface area contributed by atoms with Crippen LogP contribution in [0.5, 0.6) is 0 Å². The summed E-state index contributed by atoms with van der Waals surface area (Å²) in [5.41, 5.74) is 0.716. The molecule has 0 saturated carbocycles. The summed E-state index contributed by atoms with van der Waals surface area (Å²) in [6.45, 7) is 0.600. The third-order valence-electron chi connectivity index (χ3n) is 2.74. The Morgan fingerprint density at radius 3 is 2.67 bits per heavy atom. The molecule has 110 valence electrons. The van der Waals surface area contributed by atoms with Crippen molar-refractivity contribution in [2.24, 2.45) is 0 Å². The van der Waals surface area contributed by atoms with Crippen LogP contribution >= 0.6 is 11.3 Å². The second-order valence-electron chi connectivity index (χ2n) is 4.26. The van der Waals surface area contributed by atoms with Crippen LogP contribution in [0.15, 0.2) is 41.8 Å². The van der Waals surface area contributed by atoms with Crippen molar-refractivity contribution in [3.63, 3.8) is 0 Å². The largest absolute Gasteiger partial charge is 0.445 e. The van der Waals surface area contributed by atoms with Gasteiger partial charge in [0.15, 0.2) is 0 Å². The number of alkyl carbamates (subject to hydrolysis) is 1. The summed E-state index contributed by atoms with van der Waals surface area (Å²) in [7, 11) is 0. The Morgan fingerprint density at radius 1 is 1.29 bits per heavy atom. The standard InChI is InChI=1S/C14H14N2O4S/c17-14(15-8-7-13-2-1-9-21-13)20-10-11-3-5-12(6-4-11)16(18)19/h1-6,9H,7-8,10H2,(H,15,17). The van der Waals surface area contributed by atoms with E-state index in [-0.39, 0.29) is 12.3 Å². The lowest BCUT2D eigenvalue weighted by Gasteiger charge is -2.06. The number of nitrogens with one attached hydrogen (secondary N) is 1. The predicted octanol–water partition coefficient (Wildman–Crippen LogP) is 3.13. The molecule has 0 radical (unpaired) electrons. The Labute approximate surface area is 125 Å². The Morgan fingerprint density at radius 2 is 2.05 bits per heavy atom. The van der Waals surface area contributed by atoms with Crippen LogP contribution in [-0.2, 0) is 17.8 Å². The molecule has 0 aliphatic rings. The molecule has 2 aromatic rings. The van der Waals surface area contributed by atoms with Crippen LogP contribution in [0.1, 0.15) is 10.4 Å². The number of nitro groups is 1. The zero-order chi connectivity index (χ0) is 15.1. The maximum absolute atomic E-state index is 11.5. The molecule has 7 heteroatoms. The van der Waals surface area contributed by atoms with Gasteiger partial charge >= 0.3 is 6.09 Å². The molecular weight excluding hydrogens is 292 g/mol. The van der Waals surface area contributed by atoms with Crippen LogP contribution in [0.4, 0.5) is 10.5 Å². The zero-order valence-corrected chi connectivity index (χ0v) is 12.0. The average molecular weight is 306 g/mol. The lowest BCUT2D eigenvalue weighted by molar-refractivity contribution is -0.384. The molecule has 21 heavy (non-hydrogen) atoms. The van der Waals surface area contributed by atoms with Crippen LogP contribution in [0.2, 0.25) is 0 Å². The van der Waals surface area contributed by atoms with Crippen molar-refractivity contribution < 1.29 is 14.5 Å². The van der Waals surface area contributed by atoms with Gasteiger partial charge in [0.2, 0.25) is 0 Å². The molecule has 0 atom stereocenters. The molecule has 2 rings (SSSR count). The highest BCUT2D eigenvalue weighted by Gasteiger charge is 2.06. The van der Waals surface area contributed by atoms with Crippen molar-refractivity contribution in [1.82, 2.24) is 5.32 Å². The summed E-state index contributed by atoms with van der Waals surface area (Å²) in [5.74, 6) is 0. The number of non-ortho nitro benzene ring substituents is 1. The third-order valence-corrected chi connectivity index (χ3v) is 3.67. The number of nitrogens with zero attached hydrogens (tertiary/aromatic N) is 1. The predicted molar refractivity (Wildman–Crippen MR) is 79.3 cm³/mol. The molecule has 6 nitrogen and oxygen atoms in total. The smallest absolute Gasteiger partial charge is 0.407 e. The van der Waals surface area contributed by atoms with Crippen LogP contribution < -0.4 is 5.32 Å². The van der Waals surface area contributed by atoms with Crippen LogP contribution in [0.25, 0.3) is 0 Å². The van der Waals surface area contributed by atoms with Gasteiger partial charge in [0, 0.05) is 23.6 Å². The highest BCUT2D eigenvalue weighted by molar-refractivity contribution is 7.09. The lowest BCUT2D eigenvalue weighted by Crippen LogP contribution is -2.26. The van der Waals surface area contributed by atoms with E-state index in [2.05, 4.69) is 5.32 Å². The minimum absolute atomic E-state index is 0.0131. The fraction of sp³-hybridized carbons (Fsp3) is 0.214. The normalized spacial score (nSPS) is 10.1. The van der Waals surface area contributed by atoms with Crippen molar-refractivity contribution >= 4 is 23.1 Å². The van der Waals surface area contributed by atoms with Gasteiger partial charge in [-0.2, -0.15) is 0 Å². The first-order valence-electron chi connectivity index (χ1n) is 6.31. The number of carbonyl (C=O) groups is 1. The second-order valence-corrected chi connectivity index (χ2v) is 5.29. The maximum Gasteiger partial charge on any atom is 0.407 e. The maximum atomic E-state index is 11.5. The molecule has 0 bridgehead atoms. The second kappa shape index (κ2) is 7.39. The van der Waals surface area contributed by atoms with Gasteiger partial charge in [0.1, 0.15) is 6.61 Å². The number of ether oxygens (including phenoxy) is 1. The Bertz CT molecular complexity index is 596. The molecule has 1 N–H and O–H groups in total. The van der Waals surface area contributed by atoms with E-state index in [1.807, 2.05) is 17.5 Å². The fourth-order valence-electron chi connectivity index (χ4n) is 1.66. The first kappa shape index (κ1) is 15.0. The summed E-state index contributed by atoms with van der Waals surface area (Å²) < 4.78 is 5.03. The van der Waals surface area contributed by atoms with Crippen molar-refractivity contribution in [2.45, 2.75) is 13.0 Å². The molecule has 1 aromatic heterocycles. The molecule has 0 spiro atoms. The minimum Gasteiger partial charge on any atom is -0.445 e. The van der Waals surface area contributed by atoms with Gasteiger partial charge in [0.25, 0.3) is 5.69 Å². The van der Waals surface area contributed by atoms with Gasteiger partial charge in [-0.3, -0.25) is 10.1 Å². The van der Waals surface area contributed by atoms with Gasteiger partial charge in [-0.25, -0.2) is 4.79 Å². The van der Waals surface area contributed by atoms with E-state index in [0.29, 0.717) is 12.1 Å². The van der Waals surface area contributed by atoms with E-state index < -0.39 is 11.0 Å². The fourth-order valence-corrected chi connectivity index (χ4v) is 2.37.